The molecule has 0 spiro atoms. The van der Waals surface area contributed by atoms with Crippen molar-refractivity contribution in [2.24, 2.45) is 5.92 Å². The molecule has 22 heavy (non-hydrogen) atoms. The van der Waals surface area contributed by atoms with Crippen molar-refractivity contribution < 1.29 is 14.3 Å². The molecule has 5 heteroatoms. The van der Waals surface area contributed by atoms with Crippen molar-refractivity contribution in [3.05, 3.63) is 0 Å². The maximum atomic E-state index is 12.3. The Morgan fingerprint density at radius 3 is 2.59 bits per heavy atom. The van der Waals surface area contributed by atoms with Gasteiger partial charge in [-0.05, 0) is 26.2 Å². The lowest BCUT2D eigenvalue weighted by atomic mass is 9.95. The number of amides is 1. The van der Waals surface area contributed by atoms with E-state index in [-0.39, 0.29) is 12.0 Å². The molecule has 0 bridgehead atoms. The van der Waals surface area contributed by atoms with Gasteiger partial charge in [0.2, 0.25) is 5.91 Å². The van der Waals surface area contributed by atoms with E-state index >= 15 is 0 Å². The first-order chi connectivity index (χ1) is 10.5. The molecule has 2 atom stereocenters. The number of likely N-dealkylation sites (tertiary alicyclic amines) is 2. The fourth-order valence-corrected chi connectivity index (χ4v) is 3.46. The zero-order chi connectivity index (χ0) is 16.1. The molecule has 1 amide bonds. The lowest BCUT2D eigenvalue weighted by Gasteiger charge is -2.47. The van der Waals surface area contributed by atoms with Crippen molar-refractivity contribution >= 4 is 5.91 Å². The van der Waals surface area contributed by atoms with Gasteiger partial charge in [0.05, 0.1) is 38.4 Å². The maximum Gasteiger partial charge on any atom is 0.225 e. The lowest BCUT2D eigenvalue weighted by Crippen LogP contribution is -2.63. The Morgan fingerprint density at radius 2 is 1.91 bits per heavy atom. The van der Waals surface area contributed by atoms with Crippen LogP contribution in [0.2, 0.25) is 0 Å². The van der Waals surface area contributed by atoms with Crippen molar-refractivity contribution in [1.82, 2.24) is 9.80 Å². The van der Waals surface area contributed by atoms with Crippen LogP contribution in [0.15, 0.2) is 0 Å². The highest BCUT2D eigenvalue weighted by molar-refractivity contribution is 5.77. The van der Waals surface area contributed by atoms with Gasteiger partial charge in [0.15, 0.2) is 0 Å². The summed E-state index contributed by atoms with van der Waals surface area (Å²) in [5, 5.41) is 0. The summed E-state index contributed by atoms with van der Waals surface area (Å²) >= 11 is 0. The fraction of sp³-hybridized carbons (Fsp3) is 0.941. The third-order valence-electron chi connectivity index (χ3n) is 4.46. The summed E-state index contributed by atoms with van der Waals surface area (Å²) in [6, 6.07) is 1.06. The van der Waals surface area contributed by atoms with Crippen LogP contribution in [0, 0.1) is 5.92 Å². The first-order valence-corrected chi connectivity index (χ1v) is 8.72. The van der Waals surface area contributed by atoms with Crippen molar-refractivity contribution in [3.63, 3.8) is 0 Å². The summed E-state index contributed by atoms with van der Waals surface area (Å²) in [5.41, 5.74) is 0. The number of fused-ring (bicyclic) bond motifs is 1. The van der Waals surface area contributed by atoms with Gasteiger partial charge in [-0.1, -0.05) is 13.8 Å². The van der Waals surface area contributed by atoms with Gasteiger partial charge in [0.25, 0.3) is 0 Å². The molecule has 2 rings (SSSR count). The van der Waals surface area contributed by atoms with Gasteiger partial charge in [-0.15, -0.1) is 0 Å². The molecule has 0 N–H and O–H groups in total. The Hall–Kier alpha value is -0.650. The van der Waals surface area contributed by atoms with Crippen LogP contribution in [0.1, 0.15) is 40.5 Å². The molecule has 2 aliphatic heterocycles. The molecule has 0 aromatic heterocycles. The van der Waals surface area contributed by atoms with E-state index in [1.54, 1.807) is 0 Å². The molecule has 0 aromatic rings. The standard InChI is InChI=1S/C17H32N2O3/c1-13(2)11-18-12-16-15(18)5-7-19(16)17(20)6-8-21-9-10-22-14(3)4/h13-16H,5-12H2,1-4H3. The Balaban J connectivity index is 1.59. The molecule has 2 aliphatic rings. The van der Waals surface area contributed by atoms with E-state index in [9.17, 15) is 4.79 Å². The Kier molecular flexibility index (Phi) is 6.66. The van der Waals surface area contributed by atoms with E-state index in [2.05, 4.69) is 23.6 Å². The molecule has 0 aromatic carbocycles. The summed E-state index contributed by atoms with van der Waals surface area (Å²) in [4.78, 5) is 16.9. The molecule has 128 valence electrons. The number of carbonyl (C=O) groups excluding carboxylic acids is 1. The Morgan fingerprint density at radius 1 is 1.14 bits per heavy atom. The molecule has 2 heterocycles. The van der Waals surface area contributed by atoms with Gasteiger partial charge in [-0.3, -0.25) is 9.69 Å². The molecule has 0 radical (unpaired) electrons. The summed E-state index contributed by atoms with van der Waals surface area (Å²) in [6.45, 7) is 13.3. The molecular weight excluding hydrogens is 280 g/mol. The third-order valence-corrected chi connectivity index (χ3v) is 4.46. The third kappa shape index (κ3) is 4.67. The minimum absolute atomic E-state index is 0.235. The second-order valence-corrected chi connectivity index (χ2v) is 7.14. The highest BCUT2D eigenvalue weighted by Gasteiger charge is 2.47. The van der Waals surface area contributed by atoms with Crippen molar-refractivity contribution in [3.8, 4) is 0 Å². The van der Waals surface area contributed by atoms with E-state index in [0.717, 1.165) is 26.1 Å². The van der Waals surface area contributed by atoms with Crippen LogP contribution in [0.4, 0.5) is 0 Å². The van der Waals surface area contributed by atoms with Gasteiger partial charge >= 0.3 is 0 Å². The molecule has 0 saturated carbocycles. The highest BCUT2D eigenvalue weighted by atomic mass is 16.5. The van der Waals surface area contributed by atoms with E-state index in [1.165, 1.54) is 0 Å². The van der Waals surface area contributed by atoms with E-state index < -0.39 is 0 Å². The second kappa shape index (κ2) is 8.27. The predicted molar refractivity (Wildman–Crippen MR) is 86.8 cm³/mol. The van der Waals surface area contributed by atoms with E-state index in [4.69, 9.17) is 9.47 Å². The quantitative estimate of drug-likeness (QED) is 0.609. The first kappa shape index (κ1) is 17.7. The number of rotatable bonds is 9. The minimum Gasteiger partial charge on any atom is -0.379 e. The number of hydrogen-bond acceptors (Lipinski definition) is 4. The zero-order valence-electron chi connectivity index (χ0n) is 14.6. The topological polar surface area (TPSA) is 42.0 Å². The van der Waals surface area contributed by atoms with Crippen LogP contribution >= 0.6 is 0 Å². The van der Waals surface area contributed by atoms with Crippen LogP contribution < -0.4 is 0 Å². The smallest absolute Gasteiger partial charge is 0.225 e. The molecule has 2 saturated heterocycles. The van der Waals surface area contributed by atoms with E-state index in [1.807, 2.05) is 13.8 Å². The molecule has 2 fully saturated rings. The van der Waals surface area contributed by atoms with Gasteiger partial charge in [-0.25, -0.2) is 0 Å². The van der Waals surface area contributed by atoms with Crippen molar-refractivity contribution in [2.75, 3.05) is 39.5 Å². The summed E-state index contributed by atoms with van der Waals surface area (Å²) in [5.74, 6) is 0.952. The van der Waals surface area contributed by atoms with Crippen molar-refractivity contribution in [2.45, 2.75) is 58.7 Å². The summed E-state index contributed by atoms with van der Waals surface area (Å²) in [6.07, 6.45) is 1.86. The average Bonchev–Trinajstić information content (AvgIpc) is 2.76. The normalized spacial score (nSPS) is 24.9. The van der Waals surface area contributed by atoms with Crippen LogP contribution in [0.25, 0.3) is 0 Å². The van der Waals surface area contributed by atoms with Crippen LogP contribution in [0.3, 0.4) is 0 Å². The first-order valence-electron chi connectivity index (χ1n) is 8.72. The Labute approximate surface area is 134 Å². The van der Waals surface area contributed by atoms with Gasteiger partial charge in [0.1, 0.15) is 0 Å². The van der Waals surface area contributed by atoms with Gasteiger partial charge in [0, 0.05) is 25.7 Å². The van der Waals surface area contributed by atoms with Crippen LogP contribution in [0.5, 0.6) is 0 Å². The Bertz CT molecular complexity index is 360. The van der Waals surface area contributed by atoms with E-state index in [0.29, 0.717) is 44.2 Å². The molecule has 5 nitrogen and oxygen atoms in total. The van der Waals surface area contributed by atoms with Crippen LogP contribution in [-0.2, 0) is 14.3 Å². The zero-order valence-corrected chi connectivity index (χ0v) is 14.6. The number of nitrogens with zero attached hydrogens (tertiary/aromatic N) is 2. The van der Waals surface area contributed by atoms with Gasteiger partial charge in [-0.2, -0.15) is 0 Å². The van der Waals surface area contributed by atoms with Crippen LogP contribution in [-0.4, -0.2) is 73.3 Å². The SMILES string of the molecule is CC(C)CN1CC2C1CCN2C(=O)CCOCCOC(C)C. The average molecular weight is 312 g/mol. The molecule has 2 unspecified atom stereocenters. The predicted octanol–water partition coefficient (Wildman–Crippen LogP) is 1.76. The lowest BCUT2D eigenvalue weighted by molar-refractivity contribution is -0.136. The van der Waals surface area contributed by atoms with Crippen molar-refractivity contribution in [1.29, 1.82) is 0 Å². The second-order valence-electron chi connectivity index (χ2n) is 7.14. The number of hydrogen-bond donors (Lipinski definition) is 0. The maximum absolute atomic E-state index is 12.3. The fourth-order valence-electron chi connectivity index (χ4n) is 3.46. The van der Waals surface area contributed by atoms with Gasteiger partial charge < -0.3 is 14.4 Å². The summed E-state index contributed by atoms with van der Waals surface area (Å²) < 4.78 is 10.9. The number of carbonyl (C=O) groups is 1. The minimum atomic E-state index is 0.235. The number of ether oxygens (including phenoxy) is 2. The molecular formula is C17H32N2O3. The monoisotopic (exact) mass is 312 g/mol. The molecule has 0 aliphatic carbocycles. The highest BCUT2D eigenvalue weighted by Crippen LogP contribution is 2.33. The summed E-state index contributed by atoms with van der Waals surface area (Å²) in [7, 11) is 0. The largest absolute Gasteiger partial charge is 0.379 e.